The summed E-state index contributed by atoms with van der Waals surface area (Å²) in [4.78, 5) is 14.3. The molecule has 1 saturated carbocycles. The van der Waals surface area contributed by atoms with E-state index in [9.17, 15) is 4.79 Å². The third-order valence-corrected chi connectivity index (χ3v) is 4.45. The van der Waals surface area contributed by atoms with Gasteiger partial charge in [0.1, 0.15) is 0 Å². The highest BCUT2D eigenvalue weighted by Crippen LogP contribution is 2.28. The zero-order valence-corrected chi connectivity index (χ0v) is 12.1. The van der Waals surface area contributed by atoms with Crippen LogP contribution in [0.2, 0.25) is 0 Å². The quantitative estimate of drug-likeness (QED) is 0.763. The van der Waals surface area contributed by atoms with Crippen LogP contribution >= 0.6 is 0 Å². The molecule has 3 unspecified atom stereocenters. The Bertz CT molecular complexity index is 282. The van der Waals surface area contributed by atoms with Gasteiger partial charge in [-0.1, -0.05) is 20.8 Å². The van der Waals surface area contributed by atoms with Gasteiger partial charge in [0.05, 0.1) is 0 Å². The van der Waals surface area contributed by atoms with E-state index in [0.717, 1.165) is 44.2 Å². The van der Waals surface area contributed by atoms with Gasteiger partial charge in [-0.15, -0.1) is 0 Å². The normalized spacial score (nSPS) is 37.4. The van der Waals surface area contributed by atoms with Crippen LogP contribution in [0.4, 0.5) is 4.79 Å². The van der Waals surface area contributed by atoms with E-state index < -0.39 is 0 Å². The van der Waals surface area contributed by atoms with Crippen molar-refractivity contribution in [2.45, 2.75) is 58.9 Å². The summed E-state index contributed by atoms with van der Waals surface area (Å²) in [6, 6.07) is 0.571. The van der Waals surface area contributed by atoms with E-state index in [4.69, 9.17) is 0 Å². The number of amides is 2. The Morgan fingerprint density at radius 3 is 2.33 bits per heavy atom. The van der Waals surface area contributed by atoms with Crippen LogP contribution in [0.5, 0.6) is 0 Å². The molecule has 2 amide bonds. The molecular formula is C15H28N2O. The summed E-state index contributed by atoms with van der Waals surface area (Å²) >= 11 is 0. The fraction of sp³-hybridized carbons (Fsp3) is 0.933. The number of rotatable bonds is 1. The average Bonchev–Trinajstić information content (AvgIpc) is 2.27. The molecule has 3 atom stereocenters. The lowest BCUT2D eigenvalue weighted by Gasteiger charge is -2.36. The van der Waals surface area contributed by atoms with Gasteiger partial charge in [0.25, 0.3) is 0 Å². The molecule has 2 rings (SSSR count). The minimum Gasteiger partial charge on any atom is -0.335 e. The molecule has 0 aromatic rings. The second-order valence-electron chi connectivity index (χ2n) is 6.76. The Morgan fingerprint density at radius 2 is 1.72 bits per heavy atom. The predicted molar refractivity (Wildman–Crippen MR) is 74.5 cm³/mol. The minimum atomic E-state index is 0.174. The molecule has 1 aliphatic heterocycles. The topological polar surface area (TPSA) is 32.3 Å². The van der Waals surface area contributed by atoms with Crippen molar-refractivity contribution in [3.8, 4) is 0 Å². The monoisotopic (exact) mass is 252 g/mol. The molecule has 3 nitrogen and oxygen atoms in total. The van der Waals surface area contributed by atoms with Gasteiger partial charge in [0, 0.05) is 19.1 Å². The third-order valence-electron chi connectivity index (χ3n) is 4.45. The highest BCUT2D eigenvalue weighted by atomic mass is 16.2. The molecule has 18 heavy (non-hydrogen) atoms. The Kier molecular flexibility index (Phi) is 4.52. The number of carbonyl (C=O) groups is 1. The fourth-order valence-corrected chi connectivity index (χ4v) is 3.70. The zero-order chi connectivity index (χ0) is 13.1. The maximum Gasteiger partial charge on any atom is 0.317 e. The van der Waals surface area contributed by atoms with E-state index in [1.165, 1.54) is 12.8 Å². The fourth-order valence-electron chi connectivity index (χ4n) is 3.70. The first kappa shape index (κ1) is 13.7. The molecule has 0 radical (unpaired) electrons. The van der Waals surface area contributed by atoms with Crippen molar-refractivity contribution in [2.24, 2.45) is 17.8 Å². The molecule has 1 aliphatic carbocycles. The van der Waals surface area contributed by atoms with Gasteiger partial charge in [-0.2, -0.15) is 0 Å². The summed E-state index contributed by atoms with van der Waals surface area (Å²) < 4.78 is 0. The number of carbonyl (C=O) groups excluding carboxylic acids is 1. The molecule has 2 fully saturated rings. The number of piperidine rings is 1. The van der Waals surface area contributed by atoms with Gasteiger partial charge in [-0.05, 0) is 49.9 Å². The maximum atomic E-state index is 12.2. The molecule has 104 valence electrons. The van der Waals surface area contributed by atoms with Crippen LogP contribution in [0, 0.1) is 17.8 Å². The summed E-state index contributed by atoms with van der Waals surface area (Å²) in [7, 11) is 0. The van der Waals surface area contributed by atoms with E-state index in [2.05, 4.69) is 26.1 Å². The van der Waals surface area contributed by atoms with Crippen LogP contribution in [0.1, 0.15) is 52.9 Å². The van der Waals surface area contributed by atoms with Crippen molar-refractivity contribution in [1.82, 2.24) is 10.2 Å². The third kappa shape index (κ3) is 3.63. The smallest absolute Gasteiger partial charge is 0.317 e. The largest absolute Gasteiger partial charge is 0.335 e. The van der Waals surface area contributed by atoms with Gasteiger partial charge >= 0.3 is 6.03 Å². The molecule has 1 saturated heterocycles. The molecule has 0 spiro atoms. The Balaban J connectivity index is 1.83. The van der Waals surface area contributed by atoms with Crippen molar-refractivity contribution < 1.29 is 4.79 Å². The second-order valence-corrected chi connectivity index (χ2v) is 6.76. The molecule has 0 aromatic heterocycles. The lowest BCUT2D eigenvalue weighted by atomic mass is 9.80. The first-order valence-corrected chi connectivity index (χ1v) is 7.60. The Labute approximate surface area is 111 Å². The van der Waals surface area contributed by atoms with Crippen LogP contribution in [-0.4, -0.2) is 30.1 Å². The minimum absolute atomic E-state index is 0.174. The van der Waals surface area contributed by atoms with Gasteiger partial charge in [-0.25, -0.2) is 4.79 Å². The second kappa shape index (κ2) is 5.94. The van der Waals surface area contributed by atoms with E-state index in [1.54, 1.807) is 0 Å². The van der Waals surface area contributed by atoms with Crippen molar-refractivity contribution in [3.63, 3.8) is 0 Å². The van der Waals surface area contributed by atoms with Crippen LogP contribution in [-0.2, 0) is 0 Å². The Hall–Kier alpha value is -0.730. The number of nitrogens with one attached hydrogen (secondary N) is 1. The first-order valence-electron chi connectivity index (χ1n) is 7.60. The SMILES string of the molecule is CC1CC(C)CC(NC(=O)N2CCCC(C)C2)C1. The van der Waals surface area contributed by atoms with Gasteiger partial charge in [0.2, 0.25) is 0 Å². The van der Waals surface area contributed by atoms with Crippen molar-refractivity contribution in [3.05, 3.63) is 0 Å². The van der Waals surface area contributed by atoms with Gasteiger partial charge in [-0.3, -0.25) is 0 Å². The number of likely N-dealkylation sites (tertiary alicyclic amines) is 1. The number of hydrogen-bond donors (Lipinski definition) is 1. The van der Waals surface area contributed by atoms with Crippen molar-refractivity contribution in [1.29, 1.82) is 0 Å². The summed E-state index contributed by atoms with van der Waals surface area (Å²) in [5, 5.41) is 3.26. The van der Waals surface area contributed by atoms with Crippen LogP contribution in [0.15, 0.2) is 0 Å². The van der Waals surface area contributed by atoms with E-state index >= 15 is 0 Å². The van der Waals surface area contributed by atoms with E-state index in [-0.39, 0.29) is 6.03 Å². The highest BCUT2D eigenvalue weighted by molar-refractivity contribution is 5.74. The standard InChI is InChI=1S/C15H28N2O/c1-11-5-4-6-17(10-11)15(18)16-14-8-12(2)7-13(3)9-14/h11-14H,4-10H2,1-3H3,(H,16,18). The zero-order valence-electron chi connectivity index (χ0n) is 12.1. The van der Waals surface area contributed by atoms with Crippen LogP contribution in [0.25, 0.3) is 0 Å². The van der Waals surface area contributed by atoms with Crippen molar-refractivity contribution in [2.75, 3.05) is 13.1 Å². The number of urea groups is 1. The Morgan fingerprint density at radius 1 is 1.06 bits per heavy atom. The van der Waals surface area contributed by atoms with E-state index in [1.807, 2.05) is 4.90 Å². The lowest BCUT2D eigenvalue weighted by molar-refractivity contribution is 0.157. The highest BCUT2D eigenvalue weighted by Gasteiger charge is 2.27. The maximum absolute atomic E-state index is 12.2. The summed E-state index contributed by atoms with van der Waals surface area (Å²) in [6.45, 7) is 8.72. The summed E-state index contributed by atoms with van der Waals surface area (Å²) in [6.07, 6.45) is 6.04. The molecule has 1 N–H and O–H groups in total. The molecular weight excluding hydrogens is 224 g/mol. The molecule has 2 aliphatic rings. The molecule has 3 heteroatoms. The van der Waals surface area contributed by atoms with Gasteiger partial charge in [0.15, 0.2) is 0 Å². The average molecular weight is 252 g/mol. The van der Waals surface area contributed by atoms with E-state index in [0.29, 0.717) is 12.0 Å². The van der Waals surface area contributed by atoms with Crippen molar-refractivity contribution >= 4 is 6.03 Å². The summed E-state index contributed by atoms with van der Waals surface area (Å²) in [5.41, 5.74) is 0. The predicted octanol–water partition coefficient (Wildman–Crippen LogP) is 3.25. The van der Waals surface area contributed by atoms with Crippen LogP contribution in [0.3, 0.4) is 0 Å². The molecule has 0 bridgehead atoms. The molecule has 1 heterocycles. The number of nitrogens with zero attached hydrogens (tertiary/aromatic N) is 1. The molecule has 0 aromatic carbocycles. The van der Waals surface area contributed by atoms with Crippen LogP contribution < -0.4 is 5.32 Å². The first-order chi connectivity index (χ1) is 8.54. The summed E-state index contributed by atoms with van der Waals surface area (Å²) in [5.74, 6) is 2.16. The lowest BCUT2D eigenvalue weighted by Crippen LogP contribution is -2.49. The number of hydrogen-bond acceptors (Lipinski definition) is 1. The van der Waals surface area contributed by atoms with Gasteiger partial charge < -0.3 is 10.2 Å².